The van der Waals surface area contributed by atoms with Crippen LogP contribution in [0, 0.1) is 0 Å². The fraction of sp³-hybridized carbons (Fsp3) is 0.217. The van der Waals surface area contributed by atoms with Gasteiger partial charge in [0.15, 0.2) is 0 Å². The topological polar surface area (TPSA) is 49.5 Å². The Bertz CT molecular complexity index is 1160. The number of phenols is 1. The Balaban J connectivity index is 1.71. The van der Waals surface area contributed by atoms with Crippen LogP contribution in [-0.2, 0) is 26.1 Å². The molecule has 0 fully saturated rings. The molecule has 1 aliphatic rings. The van der Waals surface area contributed by atoms with Crippen LogP contribution in [0.2, 0.25) is 0 Å². The highest BCUT2D eigenvalue weighted by Gasteiger charge is 2.27. The molecule has 0 aliphatic carbocycles. The minimum absolute atomic E-state index is 0.336. The molecule has 0 amide bonds. The third kappa shape index (κ3) is 2.59. The van der Waals surface area contributed by atoms with Gasteiger partial charge >= 0.3 is 0 Å². The molecule has 3 N–H and O–H groups in total. The standard InChI is InChI=1S/C23H22N2OS/c1-2-14-8-9-16-17(10-14)18-12-25(11-15-6-4-3-5-7-15)13-19-20(18)21(22(16)26)23(24)27-19/h3-10,26H,2,11-13,24H2,1H3. The smallest absolute Gasteiger partial charge is 0.134 e. The molecule has 3 aromatic carbocycles. The lowest BCUT2D eigenvalue weighted by molar-refractivity contribution is 0.247. The summed E-state index contributed by atoms with van der Waals surface area (Å²) in [6.45, 7) is 4.83. The number of thiophene rings is 1. The Hall–Kier alpha value is -2.56. The minimum atomic E-state index is 0.336. The number of hydrogen-bond donors (Lipinski definition) is 2. The highest BCUT2D eigenvalue weighted by molar-refractivity contribution is 7.18. The van der Waals surface area contributed by atoms with E-state index in [1.54, 1.807) is 11.3 Å². The maximum absolute atomic E-state index is 10.9. The summed E-state index contributed by atoms with van der Waals surface area (Å²) in [5.41, 5.74) is 10.3. The Kier molecular flexibility index (Phi) is 3.85. The second kappa shape index (κ2) is 6.25. The van der Waals surface area contributed by atoms with Crippen molar-refractivity contribution in [1.82, 2.24) is 4.90 Å². The van der Waals surface area contributed by atoms with Gasteiger partial charge in [0.1, 0.15) is 5.75 Å². The average Bonchev–Trinajstić information content (AvgIpc) is 3.02. The lowest BCUT2D eigenvalue weighted by atomic mass is 9.92. The quantitative estimate of drug-likeness (QED) is 0.503. The second-order valence-electron chi connectivity index (χ2n) is 7.33. The monoisotopic (exact) mass is 374 g/mol. The van der Waals surface area contributed by atoms with Gasteiger partial charge < -0.3 is 10.8 Å². The van der Waals surface area contributed by atoms with E-state index >= 15 is 0 Å². The molecule has 2 heterocycles. The van der Waals surface area contributed by atoms with E-state index in [2.05, 4.69) is 54.3 Å². The minimum Gasteiger partial charge on any atom is -0.507 e. The van der Waals surface area contributed by atoms with Crippen LogP contribution in [0.15, 0.2) is 48.5 Å². The fourth-order valence-electron chi connectivity index (χ4n) is 4.30. The van der Waals surface area contributed by atoms with E-state index in [1.807, 2.05) is 6.07 Å². The largest absolute Gasteiger partial charge is 0.507 e. The summed E-state index contributed by atoms with van der Waals surface area (Å²) in [7, 11) is 0. The maximum Gasteiger partial charge on any atom is 0.134 e. The molecule has 1 aromatic heterocycles. The van der Waals surface area contributed by atoms with Gasteiger partial charge in [0.05, 0.1) is 10.4 Å². The number of hydrogen-bond acceptors (Lipinski definition) is 4. The molecule has 1 aliphatic heterocycles. The number of fused-ring (bicyclic) bond motifs is 2. The molecule has 0 bridgehead atoms. The molecule has 0 saturated heterocycles. The van der Waals surface area contributed by atoms with Crippen LogP contribution in [0.4, 0.5) is 5.00 Å². The number of rotatable bonds is 3. The number of nitrogens with two attached hydrogens (primary N) is 1. The first-order valence-corrected chi connectivity index (χ1v) is 10.2. The van der Waals surface area contributed by atoms with Crippen LogP contribution < -0.4 is 5.73 Å². The van der Waals surface area contributed by atoms with Crippen molar-refractivity contribution in [2.75, 3.05) is 5.73 Å². The number of aryl methyl sites for hydroxylation is 1. The van der Waals surface area contributed by atoms with Gasteiger partial charge in [0.2, 0.25) is 0 Å². The first kappa shape index (κ1) is 16.6. The molecule has 27 heavy (non-hydrogen) atoms. The van der Waals surface area contributed by atoms with Crippen molar-refractivity contribution in [3.8, 4) is 5.75 Å². The first-order valence-electron chi connectivity index (χ1n) is 9.39. The van der Waals surface area contributed by atoms with Gasteiger partial charge in [-0.3, -0.25) is 4.90 Å². The van der Waals surface area contributed by atoms with E-state index in [-0.39, 0.29) is 0 Å². The van der Waals surface area contributed by atoms with Crippen molar-refractivity contribution in [1.29, 1.82) is 0 Å². The molecular formula is C23H22N2OS. The molecule has 136 valence electrons. The molecule has 0 spiro atoms. The molecular weight excluding hydrogens is 352 g/mol. The van der Waals surface area contributed by atoms with Crippen LogP contribution in [0.5, 0.6) is 5.75 Å². The van der Waals surface area contributed by atoms with Crippen LogP contribution in [0.1, 0.15) is 28.5 Å². The zero-order valence-corrected chi connectivity index (χ0v) is 16.1. The molecule has 0 radical (unpaired) electrons. The molecule has 4 aromatic rings. The van der Waals surface area contributed by atoms with Gasteiger partial charge in [0, 0.05) is 35.3 Å². The van der Waals surface area contributed by atoms with Gasteiger partial charge in [-0.1, -0.05) is 55.5 Å². The van der Waals surface area contributed by atoms with Crippen molar-refractivity contribution in [3.05, 3.63) is 70.1 Å². The van der Waals surface area contributed by atoms with E-state index in [1.165, 1.54) is 27.0 Å². The van der Waals surface area contributed by atoms with Crippen molar-refractivity contribution in [2.24, 2.45) is 0 Å². The lowest BCUT2D eigenvalue weighted by Crippen LogP contribution is -2.25. The second-order valence-corrected chi connectivity index (χ2v) is 8.47. The van der Waals surface area contributed by atoms with E-state index < -0.39 is 0 Å². The number of nitrogens with zero attached hydrogens (tertiary/aromatic N) is 1. The summed E-state index contributed by atoms with van der Waals surface area (Å²) in [5, 5.41) is 15.8. The Morgan fingerprint density at radius 1 is 1.00 bits per heavy atom. The summed E-state index contributed by atoms with van der Waals surface area (Å²) < 4.78 is 0. The number of phenolic OH excluding ortho intramolecular Hbond substituents is 1. The number of nitrogen functional groups attached to an aromatic ring is 1. The maximum atomic E-state index is 10.9. The van der Waals surface area contributed by atoms with Gasteiger partial charge in [-0.15, -0.1) is 11.3 Å². The Labute approximate surface area is 162 Å². The molecule has 0 unspecified atom stereocenters. The van der Waals surface area contributed by atoms with Gasteiger partial charge in [0.25, 0.3) is 0 Å². The summed E-state index contributed by atoms with van der Waals surface area (Å²) in [6, 6.07) is 17.0. The van der Waals surface area contributed by atoms with Gasteiger partial charge in [-0.05, 0) is 28.5 Å². The first-order chi connectivity index (χ1) is 13.2. The highest BCUT2D eigenvalue weighted by Crippen LogP contribution is 2.48. The van der Waals surface area contributed by atoms with Crippen LogP contribution >= 0.6 is 11.3 Å². The van der Waals surface area contributed by atoms with Gasteiger partial charge in [-0.25, -0.2) is 0 Å². The van der Waals surface area contributed by atoms with E-state index in [0.717, 1.165) is 47.2 Å². The normalized spacial score (nSPS) is 14.3. The van der Waals surface area contributed by atoms with Crippen LogP contribution in [0.3, 0.4) is 0 Å². The van der Waals surface area contributed by atoms with Crippen molar-refractivity contribution < 1.29 is 5.11 Å². The van der Waals surface area contributed by atoms with Gasteiger partial charge in [-0.2, -0.15) is 0 Å². The SMILES string of the molecule is CCc1ccc2c(O)c3c(N)sc4c3c(c2c1)CN(Cc1ccccc1)C4. The fourth-order valence-corrected chi connectivity index (χ4v) is 5.44. The van der Waals surface area contributed by atoms with Crippen molar-refractivity contribution in [3.63, 3.8) is 0 Å². The van der Waals surface area contributed by atoms with Crippen molar-refractivity contribution >= 4 is 37.9 Å². The zero-order valence-electron chi connectivity index (χ0n) is 15.3. The third-order valence-electron chi connectivity index (χ3n) is 5.62. The predicted octanol–water partition coefficient (Wildman–Crippen LogP) is 5.42. The predicted molar refractivity (Wildman–Crippen MR) is 114 cm³/mol. The average molecular weight is 375 g/mol. The number of aromatic hydroxyl groups is 1. The highest BCUT2D eigenvalue weighted by atomic mass is 32.1. The summed E-state index contributed by atoms with van der Waals surface area (Å²) >= 11 is 1.62. The number of benzene rings is 3. The Morgan fingerprint density at radius 2 is 1.81 bits per heavy atom. The summed E-state index contributed by atoms with van der Waals surface area (Å²) in [5.74, 6) is 0.336. The van der Waals surface area contributed by atoms with Crippen LogP contribution in [-0.4, -0.2) is 10.0 Å². The molecule has 4 heteroatoms. The molecule has 3 nitrogen and oxygen atoms in total. The van der Waals surface area contributed by atoms with Crippen LogP contribution in [0.25, 0.3) is 21.5 Å². The summed E-state index contributed by atoms with van der Waals surface area (Å²) in [6.07, 6.45) is 0.987. The van der Waals surface area contributed by atoms with E-state index in [9.17, 15) is 5.11 Å². The molecule has 0 saturated carbocycles. The number of anilines is 1. The third-order valence-corrected chi connectivity index (χ3v) is 6.62. The zero-order chi connectivity index (χ0) is 18.5. The van der Waals surface area contributed by atoms with E-state index in [0.29, 0.717) is 5.75 Å². The lowest BCUT2D eigenvalue weighted by Gasteiger charge is -2.28. The summed E-state index contributed by atoms with van der Waals surface area (Å²) in [4.78, 5) is 3.73. The molecule has 5 rings (SSSR count). The molecule has 0 atom stereocenters. The van der Waals surface area contributed by atoms with Crippen molar-refractivity contribution in [2.45, 2.75) is 33.0 Å². The Morgan fingerprint density at radius 3 is 2.59 bits per heavy atom. The van der Waals surface area contributed by atoms with E-state index in [4.69, 9.17) is 5.73 Å².